The molecule has 20 rings (SSSR count). The van der Waals surface area contributed by atoms with E-state index < -0.39 is 34.3 Å². The molecule has 0 saturated carbocycles. The molecule has 0 spiro atoms. The van der Waals surface area contributed by atoms with Crippen molar-refractivity contribution in [2.24, 2.45) is 0 Å². The summed E-state index contributed by atoms with van der Waals surface area (Å²) in [6, 6.07) is 79.4. The number of fused-ring (bicyclic) bond motifs is 15. The monoisotopic (exact) mass is 1310 g/mol. The summed E-state index contributed by atoms with van der Waals surface area (Å²) in [7, 11) is 0. The number of hydrogen-bond donors (Lipinski definition) is 0. The Morgan fingerprint density at radius 1 is 0.230 bits per heavy atom. The Labute approximate surface area is 597 Å². The first-order valence-electron chi connectivity index (χ1n) is 39.5. The van der Waals surface area contributed by atoms with Gasteiger partial charge in [-0.3, -0.25) is 19.9 Å². The maximum atomic E-state index is 7.46. The fraction of sp³-hybridized carbons (Fsp3) is 0.0556. The van der Waals surface area contributed by atoms with Crippen LogP contribution in [-0.4, -0.2) is 24.9 Å². The minimum Gasteiger partial charge on any atom is -0.455 e. The van der Waals surface area contributed by atoms with Crippen LogP contribution in [0.15, 0.2) is 326 Å². The van der Waals surface area contributed by atoms with E-state index in [-0.39, 0.29) is 0 Å². The highest BCUT2D eigenvalue weighted by molar-refractivity contribution is 6.12. The van der Waals surface area contributed by atoms with E-state index in [1.807, 2.05) is 200 Å². The lowest BCUT2D eigenvalue weighted by atomic mass is 10.0. The standard InChI is InChI=1S/5C18H13NO/c1-12-7-9-13(10-8-12)14-4-2-5-15-17-16(20-18(14)15)6-3-11-19-17;1-12-7-9-13(10-8-12)14-4-2-5-15-16-6-3-11-19-18(16)20-17(14)15;1-12-5-7-13(8-6-12)14-3-2-4-16-15-9-10-19-11-17(15)20-18(14)16;1-12-5-7-13(8-6-12)14-3-2-4-15-16-11-19-10-9-17(16)20-18(14)15;1-12-6-8-13(9-7-12)14-10-11-19-17-15-4-2-3-5-16(15)20-18(14)17/h5*2-11H,1H3/i5*1D3. The maximum absolute atomic E-state index is 7.46. The van der Waals surface area contributed by atoms with Gasteiger partial charge >= 0.3 is 0 Å². The van der Waals surface area contributed by atoms with Crippen molar-refractivity contribution in [1.29, 1.82) is 0 Å². The van der Waals surface area contributed by atoms with Crippen molar-refractivity contribution in [2.45, 2.75) is 34.3 Å². The largest absolute Gasteiger partial charge is 0.455 e. The molecule has 0 fully saturated rings. The first-order chi connectivity index (χ1) is 55.2. The fourth-order valence-corrected chi connectivity index (χ4v) is 12.5. The van der Waals surface area contributed by atoms with Gasteiger partial charge in [-0.25, -0.2) is 4.98 Å². The molecule has 0 aliphatic heterocycles. The lowest BCUT2D eigenvalue weighted by Gasteiger charge is -2.03. The van der Waals surface area contributed by atoms with Crippen LogP contribution in [0.25, 0.3) is 166 Å². The van der Waals surface area contributed by atoms with Crippen molar-refractivity contribution in [3.63, 3.8) is 0 Å². The highest BCUT2D eigenvalue weighted by Gasteiger charge is 2.18. The number of rotatable bonds is 5. The van der Waals surface area contributed by atoms with Crippen LogP contribution in [0.4, 0.5) is 0 Å². The Morgan fingerprint density at radius 3 is 1.19 bits per heavy atom. The second-order valence-corrected chi connectivity index (χ2v) is 23.6. The Balaban J connectivity index is 0.000000108. The number of nitrogens with zero attached hydrogens (tertiary/aromatic N) is 5. The third-order valence-corrected chi connectivity index (χ3v) is 17.4. The van der Waals surface area contributed by atoms with Crippen LogP contribution in [0, 0.1) is 34.3 Å². The molecule has 10 heterocycles. The van der Waals surface area contributed by atoms with Crippen LogP contribution in [0.3, 0.4) is 0 Å². The fourth-order valence-electron chi connectivity index (χ4n) is 12.5. The van der Waals surface area contributed by atoms with E-state index in [9.17, 15) is 0 Å². The lowest BCUT2D eigenvalue weighted by molar-refractivity contribution is 0.655. The molecule has 0 saturated heterocycles. The summed E-state index contributed by atoms with van der Waals surface area (Å²) in [5.74, 6) is 0. The van der Waals surface area contributed by atoms with Gasteiger partial charge in [0.05, 0.1) is 6.20 Å². The molecular formula is C90H65N5O5. The molecule has 0 aliphatic rings. The van der Waals surface area contributed by atoms with Gasteiger partial charge in [0.15, 0.2) is 16.7 Å². The molecule has 0 bridgehead atoms. The molecule has 0 radical (unpaired) electrons. The third-order valence-electron chi connectivity index (χ3n) is 17.4. The van der Waals surface area contributed by atoms with Crippen LogP contribution in [0.2, 0.25) is 0 Å². The molecule has 100 heavy (non-hydrogen) atoms. The number of aromatic nitrogens is 5. The van der Waals surface area contributed by atoms with E-state index in [2.05, 4.69) is 24.9 Å². The Bertz CT molecular complexity index is 5970. The summed E-state index contributed by atoms with van der Waals surface area (Å²) < 4.78 is 142. The molecule has 0 N–H and O–H groups in total. The number of aryl methyl sites for hydroxylation is 5. The predicted molar refractivity (Wildman–Crippen MR) is 408 cm³/mol. The second-order valence-electron chi connectivity index (χ2n) is 23.6. The van der Waals surface area contributed by atoms with Crippen molar-refractivity contribution in [2.75, 3.05) is 0 Å². The number of hydrogen-bond acceptors (Lipinski definition) is 10. The lowest BCUT2D eigenvalue weighted by Crippen LogP contribution is -1.81. The summed E-state index contributed by atoms with van der Waals surface area (Å²) in [6.45, 7) is -10.4. The van der Waals surface area contributed by atoms with E-state index in [1.165, 1.54) is 0 Å². The Morgan fingerprint density at radius 2 is 0.620 bits per heavy atom. The van der Waals surface area contributed by atoms with Gasteiger partial charge in [-0.2, -0.15) is 0 Å². The molecule has 10 aromatic heterocycles. The van der Waals surface area contributed by atoms with Gasteiger partial charge in [-0.15, -0.1) is 0 Å². The van der Waals surface area contributed by atoms with Gasteiger partial charge in [-0.05, 0) is 123 Å². The van der Waals surface area contributed by atoms with Gasteiger partial charge in [0.2, 0.25) is 5.71 Å². The maximum Gasteiger partial charge on any atom is 0.227 e. The summed E-state index contributed by atoms with van der Waals surface area (Å²) in [5.41, 5.74) is 20.1. The van der Waals surface area contributed by atoms with E-state index in [0.29, 0.717) is 33.5 Å². The molecule has 10 nitrogen and oxygen atoms in total. The van der Waals surface area contributed by atoms with Crippen LogP contribution in [-0.2, 0) is 0 Å². The number of benzene rings is 10. The van der Waals surface area contributed by atoms with Crippen LogP contribution < -0.4 is 0 Å². The van der Waals surface area contributed by atoms with Crippen molar-refractivity contribution in [1.82, 2.24) is 24.9 Å². The van der Waals surface area contributed by atoms with Crippen molar-refractivity contribution in [3.8, 4) is 55.6 Å². The van der Waals surface area contributed by atoms with Gasteiger partial charge in [0.25, 0.3) is 0 Å². The smallest absolute Gasteiger partial charge is 0.227 e. The molecule has 0 unspecified atom stereocenters. The van der Waals surface area contributed by atoms with Gasteiger partial charge in [0, 0.05) is 129 Å². The number of furan rings is 5. The Kier molecular flexibility index (Phi) is 12.6. The van der Waals surface area contributed by atoms with Gasteiger partial charge < -0.3 is 22.1 Å². The highest BCUT2D eigenvalue weighted by Crippen LogP contribution is 2.40. The molecule has 10 aromatic carbocycles. The topological polar surface area (TPSA) is 130 Å². The Hall–Kier alpha value is -13.1. The van der Waals surface area contributed by atoms with Crippen LogP contribution >= 0.6 is 0 Å². The minimum absolute atomic E-state index is 0.330. The molecular weight excluding hydrogens is 1230 g/mol. The first kappa shape index (κ1) is 47.0. The average Bonchev–Trinajstić information content (AvgIpc) is 1.64. The summed E-state index contributed by atoms with van der Waals surface area (Å²) in [6.07, 6.45) is 12.1. The zero-order valence-electron chi connectivity index (χ0n) is 68.1. The van der Waals surface area contributed by atoms with Crippen molar-refractivity contribution >= 4 is 110 Å². The van der Waals surface area contributed by atoms with Gasteiger partial charge in [0.1, 0.15) is 44.5 Å². The molecule has 10 heteroatoms. The summed E-state index contributed by atoms with van der Waals surface area (Å²) in [4.78, 5) is 21.3. The SMILES string of the molecule is [2H]C([2H])([2H])c1ccc(-c2cccc3c2oc2cccnc23)cc1.[2H]C([2H])([2H])c1ccc(-c2cccc3c2oc2ccncc23)cc1.[2H]C([2H])([2H])c1ccc(-c2cccc3c2oc2cnccc23)cc1.[2H]C([2H])([2H])c1ccc(-c2cccc3c2oc2ncccc23)cc1.[2H]C([2H])([2H])c1ccc(-c2ccnc3c2oc2ccccc23)cc1. The minimum atomic E-state index is -2.09. The van der Waals surface area contributed by atoms with E-state index in [0.717, 1.165) is 160 Å². The predicted octanol–water partition coefficient (Wildman–Crippen LogP) is 24.8. The van der Waals surface area contributed by atoms with E-state index in [1.54, 1.807) is 104 Å². The van der Waals surface area contributed by atoms with Gasteiger partial charge in [-0.1, -0.05) is 228 Å². The zero-order valence-corrected chi connectivity index (χ0v) is 53.1. The second kappa shape index (κ2) is 26.9. The molecule has 480 valence electrons. The normalized spacial score (nSPS) is 14.1. The first-order valence-corrected chi connectivity index (χ1v) is 32.0. The van der Waals surface area contributed by atoms with Crippen molar-refractivity contribution in [3.05, 3.63) is 332 Å². The van der Waals surface area contributed by atoms with E-state index in [4.69, 9.17) is 42.6 Å². The van der Waals surface area contributed by atoms with E-state index >= 15 is 0 Å². The zero-order chi connectivity index (χ0) is 80.1. The molecule has 0 amide bonds. The third kappa shape index (κ3) is 12.2. The number of para-hydroxylation sites is 5. The summed E-state index contributed by atoms with van der Waals surface area (Å²) in [5, 5.41) is 7.94. The summed E-state index contributed by atoms with van der Waals surface area (Å²) >= 11 is 0. The quantitative estimate of drug-likeness (QED) is 0.164. The molecule has 20 aromatic rings. The van der Waals surface area contributed by atoms with Crippen molar-refractivity contribution < 1.29 is 42.6 Å². The van der Waals surface area contributed by atoms with Crippen LogP contribution in [0.5, 0.6) is 0 Å². The molecule has 0 aliphatic carbocycles. The average molecular weight is 1310 g/mol. The molecule has 0 atom stereocenters. The number of pyridine rings is 5. The highest BCUT2D eigenvalue weighted by atomic mass is 16.3. The van der Waals surface area contributed by atoms with Crippen LogP contribution in [0.1, 0.15) is 48.4 Å².